The first-order chi connectivity index (χ1) is 15.7. The number of carbonyl (C=O) groups is 2. The van der Waals surface area contributed by atoms with E-state index in [2.05, 4.69) is 0 Å². The largest absolute Gasteiger partial charge is 0.513 e. The molecule has 6 nitrogen and oxygen atoms in total. The molecule has 0 aromatic heterocycles. The highest BCUT2D eigenvalue weighted by Gasteiger charge is 2.53. The Hall–Kier alpha value is -2.54. The van der Waals surface area contributed by atoms with E-state index in [1.165, 1.54) is 5.06 Å². The van der Waals surface area contributed by atoms with Crippen molar-refractivity contribution in [3.8, 4) is 11.1 Å². The third-order valence-corrected chi connectivity index (χ3v) is 6.33. The molecule has 0 saturated heterocycles. The number of likely N-dealkylation sites (N-methyl/N-ethyl adjacent to an activating group) is 1. The van der Waals surface area contributed by atoms with Crippen molar-refractivity contribution < 1.29 is 23.9 Å². The summed E-state index contributed by atoms with van der Waals surface area (Å²) in [5, 5.41) is 2.17. The van der Waals surface area contributed by atoms with E-state index in [1.807, 2.05) is 38.1 Å². The van der Waals surface area contributed by atoms with Crippen molar-refractivity contribution in [2.75, 3.05) is 13.7 Å². The number of hydroxylamine groups is 2. The zero-order valence-electron chi connectivity index (χ0n) is 18.7. The van der Waals surface area contributed by atoms with Crippen molar-refractivity contribution in [3.05, 3.63) is 63.8 Å². The molecule has 1 saturated carbocycles. The second-order valence-corrected chi connectivity index (χ2v) is 9.55. The molecule has 1 aliphatic carbocycles. The minimum Gasteiger partial charge on any atom is -0.434 e. The summed E-state index contributed by atoms with van der Waals surface area (Å²) in [5.74, 6) is -0.153. The highest BCUT2D eigenvalue weighted by molar-refractivity contribution is 6.35. The van der Waals surface area contributed by atoms with Crippen LogP contribution in [0, 0.1) is 5.92 Å². The fraction of sp³-hybridized carbons (Fsp3) is 0.360. The van der Waals surface area contributed by atoms with E-state index in [1.54, 1.807) is 25.2 Å². The van der Waals surface area contributed by atoms with Crippen LogP contribution in [0.2, 0.25) is 10.0 Å². The Morgan fingerprint density at radius 1 is 1.12 bits per heavy atom. The van der Waals surface area contributed by atoms with Gasteiger partial charge in [-0.2, -0.15) is 0 Å². The Morgan fingerprint density at radius 2 is 1.79 bits per heavy atom. The van der Waals surface area contributed by atoms with Crippen LogP contribution in [0.4, 0.5) is 4.79 Å². The SMILES string of the molecule is CC(C)COC(=O)OC1=C(c2cc(-c3ccc(Cl)cc3)ccc2Cl)C(=O)N(C)OC12CCC2. The van der Waals surface area contributed by atoms with Gasteiger partial charge in [0, 0.05) is 22.7 Å². The quantitative estimate of drug-likeness (QED) is 0.448. The summed E-state index contributed by atoms with van der Waals surface area (Å²) in [5.41, 5.74) is 1.50. The summed E-state index contributed by atoms with van der Waals surface area (Å²) >= 11 is 12.6. The van der Waals surface area contributed by atoms with Gasteiger partial charge >= 0.3 is 6.16 Å². The van der Waals surface area contributed by atoms with Crippen molar-refractivity contribution >= 4 is 40.8 Å². The number of amides is 1. The molecule has 1 heterocycles. The predicted molar refractivity (Wildman–Crippen MR) is 127 cm³/mol. The third-order valence-electron chi connectivity index (χ3n) is 5.75. The molecular weight excluding hydrogens is 465 g/mol. The van der Waals surface area contributed by atoms with Gasteiger partial charge in [0.05, 0.1) is 12.2 Å². The van der Waals surface area contributed by atoms with Gasteiger partial charge in [0.2, 0.25) is 0 Å². The molecule has 1 amide bonds. The Morgan fingerprint density at radius 3 is 2.39 bits per heavy atom. The molecule has 8 heteroatoms. The predicted octanol–water partition coefficient (Wildman–Crippen LogP) is 6.51. The number of carbonyl (C=O) groups excluding carboxylic acids is 2. The van der Waals surface area contributed by atoms with Crippen molar-refractivity contribution in [3.63, 3.8) is 0 Å². The number of benzene rings is 2. The molecule has 4 rings (SSSR count). The molecule has 1 spiro atoms. The highest BCUT2D eigenvalue weighted by Crippen LogP contribution is 2.49. The van der Waals surface area contributed by atoms with Gasteiger partial charge in [-0.1, -0.05) is 55.2 Å². The van der Waals surface area contributed by atoms with Crippen LogP contribution in [0.25, 0.3) is 16.7 Å². The fourth-order valence-electron chi connectivity index (χ4n) is 3.91. The number of hydrogen-bond donors (Lipinski definition) is 0. The van der Waals surface area contributed by atoms with Gasteiger partial charge in [0.15, 0.2) is 11.4 Å². The first kappa shape index (κ1) is 23.6. The van der Waals surface area contributed by atoms with E-state index in [-0.39, 0.29) is 23.9 Å². The van der Waals surface area contributed by atoms with E-state index in [9.17, 15) is 9.59 Å². The Labute approximate surface area is 203 Å². The summed E-state index contributed by atoms with van der Waals surface area (Å²) in [6.07, 6.45) is 1.22. The molecule has 0 unspecified atom stereocenters. The van der Waals surface area contributed by atoms with Crippen molar-refractivity contribution in [1.29, 1.82) is 0 Å². The van der Waals surface area contributed by atoms with Gasteiger partial charge in [-0.3, -0.25) is 9.63 Å². The molecule has 0 atom stereocenters. The van der Waals surface area contributed by atoms with Crippen molar-refractivity contribution in [2.45, 2.75) is 38.7 Å². The van der Waals surface area contributed by atoms with Crippen molar-refractivity contribution in [2.24, 2.45) is 5.92 Å². The number of halogens is 2. The maximum Gasteiger partial charge on any atom is 0.513 e. The van der Waals surface area contributed by atoms with Gasteiger partial charge < -0.3 is 9.47 Å². The van der Waals surface area contributed by atoms with Crippen LogP contribution in [-0.2, 0) is 19.1 Å². The monoisotopic (exact) mass is 489 g/mol. The number of hydrogen-bond acceptors (Lipinski definition) is 5. The van der Waals surface area contributed by atoms with Crippen LogP contribution in [0.15, 0.2) is 48.2 Å². The smallest absolute Gasteiger partial charge is 0.434 e. The zero-order chi connectivity index (χ0) is 23.8. The van der Waals surface area contributed by atoms with Gasteiger partial charge in [-0.15, -0.1) is 0 Å². The Balaban J connectivity index is 1.83. The molecule has 1 aliphatic heterocycles. The minimum atomic E-state index is -0.908. The number of nitrogens with zero attached hydrogens (tertiary/aromatic N) is 1. The van der Waals surface area contributed by atoms with Gasteiger partial charge in [-0.25, -0.2) is 9.86 Å². The third kappa shape index (κ3) is 4.74. The summed E-state index contributed by atoms with van der Waals surface area (Å²) < 4.78 is 10.9. The molecule has 0 N–H and O–H groups in total. The van der Waals surface area contributed by atoms with Crippen LogP contribution < -0.4 is 0 Å². The van der Waals surface area contributed by atoms with E-state index in [0.29, 0.717) is 28.5 Å². The van der Waals surface area contributed by atoms with Crippen LogP contribution >= 0.6 is 23.2 Å². The lowest BCUT2D eigenvalue weighted by Crippen LogP contribution is -2.53. The zero-order valence-corrected chi connectivity index (χ0v) is 20.2. The molecule has 0 radical (unpaired) electrons. The molecule has 174 valence electrons. The topological polar surface area (TPSA) is 65.1 Å². The van der Waals surface area contributed by atoms with E-state index < -0.39 is 17.7 Å². The second kappa shape index (κ2) is 9.37. The maximum atomic E-state index is 13.3. The lowest BCUT2D eigenvalue weighted by Gasteiger charge is -2.47. The number of rotatable bonds is 5. The lowest BCUT2D eigenvalue weighted by molar-refractivity contribution is -0.250. The van der Waals surface area contributed by atoms with Crippen LogP contribution in [-0.4, -0.2) is 36.4 Å². The summed E-state index contributed by atoms with van der Waals surface area (Å²) in [6.45, 7) is 4.06. The second-order valence-electron chi connectivity index (χ2n) is 8.70. The first-order valence-electron chi connectivity index (χ1n) is 10.8. The molecule has 0 bridgehead atoms. The van der Waals surface area contributed by atoms with E-state index >= 15 is 0 Å². The normalized spacial score (nSPS) is 17.4. The molecule has 2 aromatic rings. The Kier molecular flexibility index (Phi) is 6.71. The molecule has 1 fully saturated rings. The number of ether oxygens (including phenoxy) is 2. The Bertz CT molecular complexity index is 1110. The van der Waals surface area contributed by atoms with Gasteiger partial charge in [0.25, 0.3) is 5.91 Å². The average Bonchev–Trinajstić information content (AvgIpc) is 2.75. The molecular formula is C25H25Cl2NO5. The lowest BCUT2D eigenvalue weighted by atomic mass is 9.75. The minimum absolute atomic E-state index is 0.143. The van der Waals surface area contributed by atoms with Gasteiger partial charge in [0.1, 0.15) is 0 Å². The van der Waals surface area contributed by atoms with Crippen LogP contribution in [0.5, 0.6) is 0 Å². The van der Waals surface area contributed by atoms with Crippen LogP contribution in [0.3, 0.4) is 0 Å². The summed E-state index contributed by atoms with van der Waals surface area (Å²) in [4.78, 5) is 31.7. The van der Waals surface area contributed by atoms with Crippen molar-refractivity contribution in [1.82, 2.24) is 5.06 Å². The average molecular weight is 490 g/mol. The maximum absolute atomic E-state index is 13.3. The summed E-state index contributed by atoms with van der Waals surface area (Å²) in [6, 6.07) is 12.7. The fourth-order valence-corrected chi connectivity index (χ4v) is 4.25. The van der Waals surface area contributed by atoms with E-state index in [0.717, 1.165) is 17.5 Å². The molecule has 2 aromatic carbocycles. The van der Waals surface area contributed by atoms with Gasteiger partial charge in [-0.05, 0) is 60.6 Å². The summed E-state index contributed by atoms with van der Waals surface area (Å²) in [7, 11) is 1.55. The first-order valence-corrected chi connectivity index (χ1v) is 11.6. The molecule has 2 aliphatic rings. The highest BCUT2D eigenvalue weighted by atomic mass is 35.5. The van der Waals surface area contributed by atoms with Crippen LogP contribution in [0.1, 0.15) is 38.7 Å². The standard InChI is InChI=1S/C25H25Cl2NO5/c1-15(2)14-31-24(30)32-22-21(23(29)28(3)33-25(22)11-4-12-25)19-13-17(7-10-20(19)27)16-5-8-18(26)9-6-16/h5-10,13,15H,4,11-12,14H2,1-3H3. The molecule has 33 heavy (non-hydrogen) atoms. The van der Waals surface area contributed by atoms with E-state index in [4.69, 9.17) is 37.5 Å².